The van der Waals surface area contributed by atoms with Gasteiger partial charge in [-0.2, -0.15) is 0 Å². The Labute approximate surface area is 103 Å². The lowest BCUT2D eigenvalue weighted by molar-refractivity contribution is 0.198. The van der Waals surface area contributed by atoms with Crippen LogP contribution in [-0.4, -0.2) is 40.5 Å². The summed E-state index contributed by atoms with van der Waals surface area (Å²) in [5.41, 5.74) is 0. The number of nitrogens with zero attached hydrogens (tertiary/aromatic N) is 4. The van der Waals surface area contributed by atoms with Crippen LogP contribution in [0.25, 0.3) is 0 Å². The first-order chi connectivity index (χ1) is 8.20. The molecule has 0 aliphatic rings. The molecule has 0 saturated heterocycles. The van der Waals surface area contributed by atoms with E-state index < -0.39 is 0 Å². The largest absolute Gasteiger partial charge is 0.383 e. The number of methoxy groups -OCH3 is 1. The van der Waals surface area contributed by atoms with Crippen molar-refractivity contribution in [1.82, 2.24) is 25.5 Å². The fourth-order valence-corrected chi connectivity index (χ4v) is 1.89. The van der Waals surface area contributed by atoms with Gasteiger partial charge in [0.2, 0.25) is 0 Å². The maximum atomic E-state index is 4.98. The van der Waals surface area contributed by atoms with Gasteiger partial charge in [-0.3, -0.25) is 0 Å². The van der Waals surface area contributed by atoms with Crippen molar-refractivity contribution in [3.05, 3.63) is 5.82 Å². The second-order valence-corrected chi connectivity index (χ2v) is 4.43. The molecule has 0 saturated carbocycles. The maximum Gasteiger partial charge on any atom is 0.165 e. The lowest BCUT2D eigenvalue weighted by Gasteiger charge is -2.20. The normalized spacial score (nSPS) is 13.2. The molecule has 0 aromatic carbocycles. The maximum absolute atomic E-state index is 4.98. The van der Waals surface area contributed by atoms with Crippen LogP contribution in [0.2, 0.25) is 0 Å². The van der Waals surface area contributed by atoms with Gasteiger partial charge in [-0.05, 0) is 22.8 Å². The third-order valence-corrected chi connectivity index (χ3v) is 2.83. The zero-order chi connectivity index (χ0) is 12.7. The van der Waals surface area contributed by atoms with Gasteiger partial charge in [0, 0.05) is 13.7 Å². The van der Waals surface area contributed by atoms with E-state index in [4.69, 9.17) is 4.74 Å². The molecule has 0 fully saturated rings. The minimum Gasteiger partial charge on any atom is -0.383 e. The first-order valence-electron chi connectivity index (χ1n) is 6.17. The summed E-state index contributed by atoms with van der Waals surface area (Å²) in [4.78, 5) is 0. The first kappa shape index (κ1) is 14.1. The summed E-state index contributed by atoms with van der Waals surface area (Å²) in [6, 6.07) is 0.365. The second kappa shape index (κ2) is 7.34. The Morgan fingerprint density at radius 2 is 2.18 bits per heavy atom. The molecular weight excluding hydrogens is 218 g/mol. The fourth-order valence-electron chi connectivity index (χ4n) is 1.89. The highest BCUT2D eigenvalue weighted by Gasteiger charge is 2.18. The van der Waals surface area contributed by atoms with Crippen LogP contribution < -0.4 is 5.32 Å². The fraction of sp³-hybridized carbons (Fsp3) is 0.909. The number of hydrogen-bond acceptors (Lipinski definition) is 5. The van der Waals surface area contributed by atoms with Crippen LogP contribution >= 0.6 is 0 Å². The van der Waals surface area contributed by atoms with Gasteiger partial charge < -0.3 is 10.1 Å². The van der Waals surface area contributed by atoms with E-state index in [1.165, 1.54) is 0 Å². The van der Waals surface area contributed by atoms with Crippen molar-refractivity contribution in [3.63, 3.8) is 0 Å². The monoisotopic (exact) mass is 241 g/mol. The summed E-state index contributed by atoms with van der Waals surface area (Å²) in [6.07, 6.45) is 1.04. The molecule has 0 aliphatic carbocycles. The molecule has 0 spiro atoms. The van der Waals surface area contributed by atoms with E-state index in [2.05, 4.69) is 41.6 Å². The number of ether oxygens (including phenoxy) is 1. The zero-order valence-electron chi connectivity index (χ0n) is 11.2. The average Bonchev–Trinajstić information content (AvgIpc) is 2.73. The quantitative estimate of drug-likeness (QED) is 0.688. The lowest BCUT2D eigenvalue weighted by atomic mass is 10.0. The molecule has 1 aromatic heterocycles. The summed E-state index contributed by atoms with van der Waals surface area (Å²) in [5, 5.41) is 15.2. The Morgan fingerprint density at radius 1 is 1.41 bits per heavy atom. The van der Waals surface area contributed by atoms with Crippen molar-refractivity contribution in [1.29, 1.82) is 0 Å². The predicted octanol–water partition coefficient (Wildman–Crippen LogP) is 1.02. The standard InChI is InChI=1S/C11H23N5O/c1-5-10(9(2)3)16-11(13-14-15-16)8-12-6-7-17-4/h9-10,12H,5-8H2,1-4H3. The van der Waals surface area contributed by atoms with Crippen LogP contribution in [0.5, 0.6) is 0 Å². The number of aromatic nitrogens is 4. The van der Waals surface area contributed by atoms with Crippen LogP contribution in [0.1, 0.15) is 39.1 Å². The Bertz CT molecular complexity index is 313. The minimum atomic E-state index is 0.365. The SMILES string of the molecule is CCC(C(C)C)n1nnnc1CNCCOC. The molecule has 0 aliphatic heterocycles. The summed E-state index contributed by atoms with van der Waals surface area (Å²) < 4.78 is 6.91. The third-order valence-electron chi connectivity index (χ3n) is 2.83. The van der Waals surface area contributed by atoms with Crippen LogP contribution in [0.4, 0.5) is 0 Å². The minimum absolute atomic E-state index is 0.365. The number of tetrazole rings is 1. The number of rotatable bonds is 8. The van der Waals surface area contributed by atoms with Gasteiger partial charge in [0.1, 0.15) is 0 Å². The molecule has 1 rings (SSSR count). The van der Waals surface area contributed by atoms with E-state index >= 15 is 0 Å². The highest BCUT2D eigenvalue weighted by atomic mass is 16.5. The summed E-state index contributed by atoms with van der Waals surface area (Å²) in [5.74, 6) is 1.42. The van der Waals surface area contributed by atoms with E-state index in [0.717, 1.165) is 18.8 Å². The van der Waals surface area contributed by atoms with Crippen LogP contribution in [0, 0.1) is 5.92 Å². The second-order valence-electron chi connectivity index (χ2n) is 4.43. The van der Waals surface area contributed by atoms with Crippen molar-refractivity contribution >= 4 is 0 Å². The molecule has 1 aromatic rings. The topological polar surface area (TPSA) is 64.9 Å². The molecule has 1 unspecified atom stereocenters. The Balaban J connectivity index is 2.58. The van der Waals surface area contributed by atoms with Gasteiger partial charge in [0.25, 0.3) is 0 Å². The first-order valence-corrected chi connectivity index (χ1v) is 6.17. The third kappa shape index (κ3) is 4.05. The van der Waals surface area contributed by atoms with Gasteiger partial charge in [-0.1, -0.05) is 20.8 Å². The van der Waals surface area contributed by atoms with Gasteiger partial charge >= 0.3 is 0 Å². The molecule has 0 amide bonds. The summed E-state index contributed by atoms with van der Waals surface area (Å²) >= 11 is 0. The predicted molar refractivity (Wildman–Crippen MR) is 65.6 cm³/mol. The van der Waals surface area contributed by atoms with Crippen LogP contribution in [0.3, 0.4) is 0 Å². The van der Waals surface area contributed by atoms with Gasteiger partial charge in [0.15, 0.2) is 5.82 Å². The highest BCUT2D eigenvalue weighted by molar-refractivity contribution is 4.84. The molecule has 0 bridgehead atoms. The highest BCUT2D eigenvalue weighted by Crippen LogP contribution is 2.20. The van der Waals surface area contributed by atoms with Crippen molar-refractivity contribution in [2.24, 2.45) is 5.92 Å². The van der Waals surface area contributed by atoms with Crippen molar-refractivity contribution in [3.8, 4) is 0 Å². The summed E-state index contributed by atoms with van der Waals surface area (Å²) in [7, 11) is 1.69. The van der Waals surface area contributed by atoms with Crippen LogP contribution in [0.15, 0.2) is 0 Å². The van der Waals surface area contributed by atoms with E-state index in [-0.39, 0.29) is 0 Å². The molecule has 6 heteroatoms. The lowest BCUT2D eigenvalue weighted by Crippen LogP contribution is -2.24. The molecular formula is C11H23N5O. The van der Waals surface area contributed by atoms with E-state index in [9.17, 15) is 0 Å². The van der Waals surface area contributed by atoms with Crippen molar-refractivity contribution < 1.29 is 4.74 Å². The molecule has 6 nitrogen and oxygen atoms in total. The van der Waals surface area contributed by atoms with E-state index in [1.807, 2.05) is 4.68 Å². The Morgan fingerprint density at radius 3 is 2.76 bits per heavy atom. The Kier molecular flexibility index (Phi) is 6.07. The van der Waals surface area contributed by atoms with Gasteiger partial charge in [-0.25, -0.2) is 4.68 Å². The molecule has 0 radical (unpaired) electrons. The molecule has 98 valence electrons. The molecule has 17 heavy (non-hydrogen) atoms. The molecule has 1 N–H and O–H groups in total. The van der Waals surface area contributed by atoms with E-state index in [0.29, 0.717) is 25.1 Å². The van der Waals surface area contributed by atoms with E-state index in [1.54, 1.807) is 7.11 Å². The van der Waals surface area contributed by atoms with Crippen molar-refractivity contribution in [2.75, 3.05) is 20.3 Å². The van der Waals surface area contributed by atoms with Crippen molar-refractivity contribution in [2.45, 2.75) is 39.8 Å². The molecule has 1 atom stereocenters. The summed E-state index contributed by atoms with van der Waals surface area (Å²) in [6.45, 7) is 8.73. The number of hydrogen-bond donors (Lipinski definition) is 1. The van der Waals surface area contributed by atoms with Gasteiger partial charge in [0.05, 0.1) is 19.2 Å². The smallest absolute Gasteiger partial charge is 0.165 e. The Hall–Kier alpha value is -1.01. The van der Waals surface area contributed by atoms with Crippen LogP contribution in [-0.2, 0) is 11.3 Å². The average molecular weight is 241 g/mol. The van der Waals surface area contributed by atoms with Gasteiger partial charge in [-0.15, -0.1) is 5.10 Å². The molecule has 1 heterocycles. The number of nitrogens with one attached hydrogen (secondary N) is 1. The zero-order valence-corrected chi connectivity index (χ0v) is 11.2.